The highest BCUT2D eigenvalue weighted by Gasteiger charge is 2.61. The SMILES string of the molecule is Cc1c(NC(=O)COC(=O)CCCCCN2C(=O)[C@@H]3C4c5ccccc5C(c5ccccc54)[C@H]3C2=O)ccc(Br)c1Cl. The summed E-state index contributed by atoms with van der Waals surface area (Å²) in [6, 6.07) is 19.9. The Balaban J connectivity index is 0.992. The Labute approximate surface area is 257 Å². The predicted octanol–water partition coefficient (Wildman–Crippen LogP) is 6.35. The number of imide groups is 1. The molecule has 0 spiro atoms. The molecule has 216 valence electrons. The van der Waals surface area contributed by atoms with Crippen molar-refractivity contribution in [2.75, 3.05) is 18.5 Å². The van der Waals surface area contributed by atoms with Gasteiger partial charge in [0.25, 0.3) is 5.91 Å². The van der Waals surface area contributed by atoms with Crippen LogP contribution in [0.2, 0.25) is 5.02 Å². The zero-order valence-electron chi connectivity index (χ0n) is 23.1. The molecule has 1 N–H and O–H groups in total. The van der Waals surface area contributed by atoms with Crippen LogP contribution in [0.15, 0.2) is 65.1 Å². The van der Waals surface area contributed by atoms with E-state index >= 15 is 0 Å². The largest absolute Gasteiger partial charge is 0.456 e. The third-order valence-corrected chi connectivity index (χ3v) is 10.2. The molecule has 7 rings (SSSR count). The highest BCUT2D eigenvalue weighted by molar-refractivity contribution is 9.10. The minimum atomic E-state index is -0.470. The second-order valence-electron chi connectivity index (χ2n) is 11.1. The molecule has 3 amide bonds. The summed E-state index contributed by atoms with van der Waals surface area (Å²) in [6.07, 6.45) is 1.94. The zero-order chi connectivity index (χ0) is 29.5. The van der Waals surface area contributed by atoms with Gasteiger partial charge in [0.2, 0.25) is 11.8 Å². The molecule has 0 unspecified atom stereocenters. The molecule has 7 nitrogen and oxygen atoms in total. The first-order valence-electron chi connectivity index (χ1n) is 14.2. The maximum atomic E-state index is 13.7. The molecule has 9 heteroatoms. The van der Waals surface area contributed by atoms with Crippen LogP contribution in [-0.2, 0) is 23.9 Å². The van der Waals surface area contributed by atoms with Gasteiger partial charge >= 0.3 is 5.97 Å². The maximum Gasteiger partial charge on any atom is 0.306 e. The predicted molar refractivity (Wildman–Crippen MR) is 162 cm³/mol. The van der Waals surface area contributed by atoms with E-state index in [1.54, 1.807) is 19.1 Å². The van der Waals surface area contributed by atoms with Crippen LogP contribution in [-0.4, -0.2) is 41.7 Å². The van der Waals surface area contributed by atoms with Gasteiger partial charge in [-0.05, 0) is 75.6 Å². The second-order valence-corrected chi connectivity index (χ2v) is 12.4. The average Bonchev–Trinajstić information content (AvgIpc) is 3.25. The number of hydrogen-bond acceptors (Lipinski definition) is 5. The van der Waals surface area contributed by atoms with E-state index in [0.717, 1.165) is 26.7 Å². The summed E-state index contributed by atoms with van der Waals surface area (Å²) in [5.41, 5.74) is 5.90. The Morgan fingerprint density at radius 2 is 1.40 bits per heavy atom. The molecule has 42 heavy (non-hydrogen) atoms. The standard InChI is InChI=1S/C33H30BrClN2O5/c1-18-24(15-14-23(34)31(18)35)36-25(38)17-42-26(39)13-3-2-8-16-37-32(40)29-27-19-9-4-5-10-20(19)28(30(29)33(37)41)22-12-7-6-11-21(22)27/h4-7,9-12,14-15,27-30H,2-3,8,13,16-17H2,1H3,(H,36,38)/t27?,28?,29-,30-/m1/s1. The van der Waals surface area contributed by atoms with E-state index in [4.69, 9.17) is 16.3 Å². The molecule has 0 aromatic heterocycles. The fourth-order valence-electron chi connectivity index (χ4n) is 6.87. The molecule has 0 saturated carbocycles. The Morgan fingerprint density at radius 3 is 1.95 bits per heavy atom. The number of benzene rings is 3. The number of halogens is 2. The summed E-state index contributed by atoms with van der Waals surface area (Å²) in [5, 5.41) is 3.21. The lowest BCUT2D eigenvalue weighted by Crippen LogP contribution is -2.41. The van der Waals surface area contributed by atoms with Gasteiger partial charge < -0.3 is 10.1 Å². The summed E-state index contributed by atoms with van der Waals surface area (Å²) in [5.74, 6) is -2.04. The third kappa shape index (κ3) is 4.94. The van der Waals surface area contributed by atoms with Crippen LogP contribution in [0.5, 0.6) is 0 Å². The number of likely N-dealkylation sites (tertiary alicyclic amines) is 1. The quantitative estimate of drug-likeness (QED) is 0.166. The van der Waals surface area contributed by atoms with Gasteiger partial charge in [-0.1, -0.05) is 66.6 Å². The summed E-state index contributed by atoms with van der Waals surface area (Å²) in [6.45, 7) is 1.73. The van der Waals surface area contributed by atoms with E-state index < -0.39 is 18.5 Å². The van der Waals surface area contributed by atoms with E-state index in [2.05, 4.69) is 45.5 Å². The smallest absolute Gasteiger partial charge is 0.306 e. The molecular formula is C33H30BrClN2O5. The highest BCUT2D eigenvalue weighted by Crippen LogP contribution is 2.60. The first kappa shape index (κ1) is 28.6. The van der Waals surface area contributed by atoms with Crippen molar-refractivity contribution in [3.8, 4) is 0 Å². The fraction of sp³-hybridized carbons (Fsp3) is 0.333. The summed E-state index contributed by atoms with van der Waals surface area (Å²) in [7, 11) is 0. The molecule has 1 fully saturated rings. The lowest BCUT2D eigenvalue weighted by atomic mass is 9.55. The first-order chi connectivity index (χ1) is 20.3. The number of amides is 3. The Bertz CT molecular complexity index is 1490. The Kier molecular flexibility index (Phi) is 7.94. The Morgan fingerprint density at radius 1 is 0.857 bits per heavy atom. The van der Waals surface area contributed by atoms with Crippen LogP contribution in [0, 0.1) is 18.8 Å². The highest BCUT2D eigenvalue weighted by atomic mass is 79.9. The molecule has 2 bridgehead atoms. The normalized spacial score (nSPS) is 21.5. The van der Waals surface area contributed by atoms with Crippen molar-refractivity contribution in [3.05, 3.63) is 98.0 Å². The van der Waals surface area contributed by atoms with Gasteiger partial charge in [-0.3, -0.25) is 24.1 Å². The molecule has 1 saturated heterocycles. The van der Waals surface area contributed by atoms with Gasteiger partial charge in [0.15, 0.2) is 6.61 Å². The number of rotatable bonds is 9. The molecule has 1 heterocycles. The zero-order valence-corrected chi connectivity index (χ0v) is 25.4. The average molecular weight is 650 g/mol. The van der Waals surface area contributed by atoms with E-state index in [9.17, 15) is 19.2 Å². The lowest BCUT2D eigenvalue weighted by molar-refractivity contribution is -0.147. The van der Waals surface area contributed by atoms with Crippen molar-refractivity contribution in [1.29, 1.82) is 0 Å². The van der Waals surface area contributed by atoms with Crippen LogP contribution < -0.4 is 5.32 Å². The van der Waals surface area contributed by atoms with E-state index in [1.807, 2.05) is 24.3 Å². The van der Waals surface area contributed by atoms with Crippen LogP contribution in [0.25, 0.3) is 0 Å². The molecular weight excluding hydrogens is 620 g/mol. The number of nitrogens with zero attached hydrogens (tertiary/aromatic N) is 1. The number of anilines is 1. The maximum absolute atomic E-state index is 13.7. The van der Waals surface area contributed by atoms with Gasteiger partial charge in [-0.15, -0.1) is 0 Å². The number of unbranched alkanes of at least 4 members (excludes halogenated alkanes) is 2. The summed E-state index contributed by atoms with van der Waals surface area (Å²) >= 11 is 9.53. The van der Waals surface area contributed by atoms with Crippen LogP contribution >= 0.6 is 27.5 Å². The monoisotopic (exact) mass is 648 g/mol. The van der Waals surface area contributed by atoms with Crippen molar-refractivity contribution < 1.29 is 23.9 Å². The van der Waals surface area contributed by atoms with Crippen LogP contribution in [0.1, 0.15) is 65.3 Å². The second kappa shape index (κ2) is 11.7. The number of ether oxygens (including phenoxy) is 1. The minimum absolute atomic E-state index is 0.0864. The number of nitrogens with one attached hydrogen (secondary N) is 1. The first-order valence-corrected chi connectivity index (χ1v) is 15.4. The minimum Gasteiger partial charge on any atom is -0.456 e. The van der Waals surface area contributed by atoms with Gasteiger partial charge in [0.1, 0.15) is 0 Å². The van der Waals surface area contributed by atoms with Crippen molar-refractivity contribution in [2.24, 2.45) is 11.8 Å². The van der Waals surface area contributed by atoms with Crippen molar-refractivity contribution in [1.82, 2.24) is 4.90 Å². The van der Waals surface area contributed by atoms with Crippen molar-refractivity contribution in [2.45, 2.75) is 44.4 Å². The van der Waals surface area contributed by atoms with Gasteiger partial charge in [0.05, 0.1) is 16.9 Å². The Hall–Kier alpha value is -3.49. The van der Waals surface area contributed by atoms with Gasteiger partial charge in [-0.25, -0.2) is 0 Å². The summed E-state index contributed by atoms with van der Waals surface area (Å²) < 4.78 is 5.86. The number of hydrogen-bond donors (Lipinski definition) is 1. The molecule has 3 aromatic rings. The molecule has 2 atom stereocenters. The van der Waals surface area contributed by atoms with Crippen LogP contribution in [0.4, 0.5) is 5.69 Å². The van der Waals surface area contributed by atoms with E-state index in [-0.39, 0.29) is 41.9 Å². The van der Waals surface area contributed by atoms with Gasteiger partial charge in [-0.2, -0.15) is 0 Å². The molecule has 3 aliphatic carbocycles. The molecule has 4 aliphatic rings. The number of esters is 1. The topological polar surface area (TPSA) is 92.8 Å². The molecule has 1 aliphatic heterocycles. The van der Waals surface area contributed by atoms with Crippen molar-refractivity contribution >= 4 is 56.9 Å². The molecule has 0 radical (unpaired) electrons. The number of carbonyl (C=O) groups excluding carboxylic acids is 4. The van der Waals surface area contributed by atoms with E-state index in [1.165, 1.54) is 4.90 Å². The molecule has 3 aromatic carbocycles. The van der Waals surface area contributed by atoms with Gasteiger partial charge in [0, 0.05) is 35.0 Å². The summed E-state index contributed by atoms with van der Waals surface area (Å²) in [4.78, 5) is 53.2. The van der Waals surface area contributed by atoms with Crippen molar-refractivity contribution in [3.63, 3.8) is 0 Å². The lowest BCUT2D eigenvalue weighted by Gasteiger charge is -2.45. The van der Waals surface area contributed by atoms with E-state index in [0.29, 0.717) is 42.1 Å². The van der Waals surface area contributed by atoms with Crippen LogP contribution in [0.3, 0.4) is 0 Å². The fourth-order valence-corrected chi connectivity index (χ4v) is 7.46. The number of carbonyl (C=O) groups is 4. The third-order valence-electron chi connectivity index (χ3n) is 8.78.